The van der Waals surface area contributed by atoms with Gasteiger partial charge in [-0.3, -0.25) is 4.90 Å². The van der Waals surface area contributed by atoms with E-state index >= 15 is 0 Å². The molecule has 21 heavy (non-hydrogen) atoms. The summed E-state index contributed by atoms with van der Waals surface area (Å²) in [4.78, 5) is 13.6. The molecule has 0 spiro atoms. The summed E-state index contributed by atoms with van der Waals surface area (Å²) in [7, 11) is 1.65. The Morgan fingerprint density at radius 3 is 2.62 bits per heavy atom. The van der Waals surface area contributed by atoms with Crippen LogP contribution >= 0.6 is 0 Å². The van der Waals surface area contributed by atoms with Crippen LogP contribution in [0.1, 0.15) is 0 Å². The highest BCUT2D eigenvalue weighted by Gasteiger charge is 2.16. The Kier molecular flexibility index (Phi) is 3.27. The topological polar surface area (TPSA) is 71.0 Å². The lowest BCUT2D eigenvalue weighted by molar-refractivity contribution is 0.174. The van der Waals surface area contributed by atoms with Crippen molar-refractivity contribution in [3.8, 4) is 17.2 Å². The molecule has 1 heterocycles. The van der Waals surface area contributed by atoms with Gasteiger partial charge in [-0.15, -0.1) is 0 Å². The predicted molar refractivity (Wildman–Crippen MR) is 78.1 cm³/mol. The average Bonchev–Trinajstić information content (AvgIpc) is 2.95. The Bertz CT molecular complexity index is 670. The van der Waals surface area contributed by atoms with Gasteiger partial charge in [-0.1, -0.05) is 0 Å². The fourth-order valence-corrected chi connectivity index (χ4v) is 1.98. The molecule has 3 rings (SSSR count). The monoisotopic (exact) mass is 286 g/mol. The van der Waals surface area contributed by atoms with Crippen LogP contribution in [0.15, 0.2) is 42.5 Å². The van der Waals surface area contributed by atoms with Crippen molar-refractivity contribution in [2.75, 3.05) is 24.1 Å². The summed E-state index contributed by atoms with van der Waals surface area (Å²) in [6.45, 7) is 0.195. The van der Waals surface area contributed by atoms with E-state index < -0.39 is 0 Å². The molecule has 0 bridgehead atoms. The summed E-state index contributed by atoms with van der Waals surface area (Å²) in [5.41, 5.74) is 1.29. The molecule has 108 valence electrons. The summed E-state index contributed by atoms with van der Waals surface area (Å²) in [6, 6.07) is 11.3. The lowest BCUT2D eigenvalue weighted by Gasteiger charge is -2.18. The van der Waals surface area contributed by atoms with Gasteiger partial charge in [0, 0.05) is 24.5 Å². The van der Waals surface area contributed by atoms with Crippen LogP contribution in [-0.4, -0.2) is 25.0 Å². The number of nitrogens with one attached hydrogen (secondary N) is 1. The van der Waals surface area contributed by atoms with Crippen molar-refractivity contribution in [3.05, 3.63) is 42.5 Å². The largest absolute Gasteiger partial charge is 0.508 e. The number of urea groups is 1. The molecule has 2 aromatic carbocycles. The number of phenolic OH excluding ortho intramolecular Hbond substituents is 1. The van der Waals surface area contributed by atoms with Crippen LogP contribution in [-0.2, 0) is 0 Å². The van der Waals surface area contributed by atoms with Gasteiger partial charge >= 0.3 is 6.03 Å². The number of aromatic hydroxyl groups is 1. The highest BCUT2D eigenvalue weighted by atomic mass is 16.7. The number of fused-ring (bicyclic) bond motifs is 1. The fraction of sp³-hybridized carbons (Fsp3) is 0.133. The molecule has 0 fully saturated rings. The fourth-order valence-electron chi connectivity index (χ4n) is 1.98. The first-order chi connectivity index (χ1) is 10.1. The van der Waals surface area contributed by atoms with Crippen LogP contribution in [0.25, 0.3) is 0 Å². The molecule has 0 aliphatic carbocycles. The maximum Gasteiger partial charge on any atom is 0.326 e. The number of ether oxygens (including phenoxy) is 2. The number of amides is 2. The van der Waals surface area contributed by atoms with E-state index in [1.807, 2.05) is 0 Å². The van der Waals surface area contributed by atoms with E-state index in [9.17, 15) is 9.90 Å². The van der Waals surface area contributed by atoms with E-state index in [0.717, 1.165) is 0 Å². The minimum atomic E-state index is -0.292. The minimum Gasteiger partial charge on any atom is -0.508 e. The second kappa shape index (κ2) is 5.24. The predicted octanol–water partition coefficient (Wildman–Crippen LogP) is 2.79. The summed E-state index contributed by atoms with van der Waals surface area (Å²) in [5.74, 6) is 1.43. The van der Waals surface area contributed by atoms with Crippen molar-refractivity contribution in [2.24, 2.45) is 0 Å². The first-order valence-electron chi connectivity index (χ1n) is 6.37. The van der Waals surface area contributed by atoms with Crippen molar-refractivity contribution >= 4 is 17.4 Å². The van der Waals surface area contributed by atoms with Gasteiger partial charge < -0.3 is 19.9 Å². The molecular weight excluding hydrogens is 272 g/mol. The molecule has 1 aliphatic heterocycles. The van der Waals surface area contributed by atoms with E-state index in [1.165, 1.54) is 17.0 Å². The van der Waals surface area contributed by atoms with Gasteiger partial charge in [0.2, 0.25) is 6.79 Å². The number of anilines is 2. The van der Waals surface area contributed by atoms with Crippen LogP contribution in [0.2, 0.25) is 0 Å². The maximum atomic E-state index is 12.2. The van der Waals surface area contributed by atoms with Crippen LogP contribution in [0.4, 0.5) is 16.2 Å². The molecule has 6 heteroatoms. The lowest BCUT2D eigenvalue weighted by Crippen LogP contribution is -2.31. The summed E-state index contributed by atoms with van der Waals surface area (Å²) in [6.07, 6.45) is 0. The lowest BCUT2D eigenvalue weighted by atomic mass is 10.2. The third-order valence-electron chi connectivity index (χ3n) is 3.17. The van der Waals surface area contributed by atoms with Gasteiger partial charge in [-0.2, -0.15) is 0 Å². The summed E-state index contributed by atoms with van der Waals surface area (Å²) < 4.78 is 10.5. The van der Waals surface area contributed by atoms with Crippen LogP contribution < -0.4 is 19.7 Å². The van der Waals surface area contributed by atoms with Crippen LogP contribution in [0.3, 0.4) is 0 Å². The molecule has 2 amide bonds. The van der Waals surface area contributed by atoms with Gasteiger partial charge in [0.15, 0.2) is 11.5 Å². The normalized spacial score (nSPS) is 12.0. The highest BCUT2D eigenvalue weighted by molar-refractivity contribution is 6.01. The summed E-state index contributed by atoms with van der Waals surface area (Å²) in [5, 5.41) is 12.0. The number of carbonyl (C=O) groups is 1. The number of phenols is 1. The van der Waals surface area contributed by atoms with Gasteiger partial charge in [-0.05, 0) is 36.4 Å². The van der Waals surface area contributed by atoms with Crippen molar-refractivity contribution in [1.82, 2.24) is 0 Å². The van der Waals surface area contributed by atoms with Crippen molar-refractivity contribution in [1.29, 1.82) is 0 Å². The second-order valence-corrected chi connectivity index (χ2v) is 4.57. The van der Waals surface area contributed by atoms with Gasteiger partial charge in [0.05, 0.1) is 0 Å². The zero-order valence-corrected chi connectivity index (χ0v) is 11.4. The maximum absolute atomic E-state index is 12.2. The molecule has 6 nitrogen and oxygen atoms in total. The number of benzene rings is 2. The molecule has 0 aromatic heterocycles. The molecule has 2 aromatic rings. The van der Waals surface area contributed by atoms with Crippen molar-refractivity contribution < 1.29 is 19.4 Å². The molecule has 0 saturated heterocycles. The number of hydrogen-bond acceptors (Lipinski definition) is 4. The van der Waals surface area contributed by atoms with E-state index in [4.69, 9.17) is 9.47 Å². The minimum absolute atomic E-state index is 0.156. The zero-order valence-electron chi connectivity index (χ0n) is 11.4. The standard InChI is InChI=1S/C15H14N2O4/c1-17(11-3-5-12(18)6-4-11)15(19)16-10-2-7-13-14(8-10)21-9-20-13/h2-8,18H,9H2,1H3,(H,16,19). The first-order valence-corrected chi connectivity index (χ1v) is 6.37. The van der Waals surface area contributed by atoms with E-state index in [1.54, 1.807) is 37.4 Å². The number of nitrogens with zero attached hydrogens (tertiary/aromatic N) is 1. The average molecular weight is 286 g/mol. The molecular formula is C15H14N2O4. The van der Waals surface area contributed by atoms with Crippen molar-refractivity contribution in [2.45, 2.75) is 0 Å². The Morgan fingerprint density at radius 1 is 1.14 bits per heavy atom. The number of carbonyl (C=O) groups excluding carboxylic acids is 1. The molecule has 2 N–H and O–H groups in total. The van der Waals surface area contributed by atoms with Gasteiger partial charge in [-0.25, -0.2) is 4.79 Å². The van der Waals surface area contributed by atoms with E-state index in [0.29, 0.717) is 22.9 Å². The Morgan fingerprint density at radius 2 is 1.86 bits per heavy atom. The van der Waals surface area contributed by atoms with E-state index in [-0.39, 0.29) is 18.6 Å². The number of hydrogen-bond donors (Lipinski definition) is 2. The third kappa shape index (κ3) is 2.69. The van der Waals surface area contributed by atoms with Crippen LogP contribution in [0, 0.1) is 0 Å². The Hall–Kier alpha value is -2.89. The Balaban J connectivity index is 1.72. The Labute approximate surface area is 121 Å². The molecule has 0 saturated carbocycles. The molecule has 0 atom stereocenters. The smallest absolute Gasteiger partial charge is 0.326 e. The molecule has 0 unspecified atom stereocenters. The summed E-state index contributed by atoms with van der Waals surface area (Å²) >= 11 is 0. The second-order valence-electron chi connectivity index (χ2n) is 4.57. The third-order valence-corrected chi connectivity index (χ3v) is 3.17. The quantitative estimate of drug-likeness (QED) is 0.890. The first kappa shape index (κ1) is 13.1. The zero-order chi connectivity index (χ0) is 14.8. The molecule has 1 aliphatic rings. The van der Waals surface area contributed by atoms with Gasteiger partial charge in [0.1, 0.15) is 5.75 Å². The number of rotatable bonds is 2. The SMILES string of the molecule is CN(C(=O)Nc1ccc2c(c1)OCO2)c1ccc(O)cc1. The highest BCUT2D eigenvalue weighted by Crippen LogP contribution is 2.34. The van der Waals surface area contributed by atoms with Crippen molar-refractivity contribution in [3.63, 3.8) is 0 Å². The van der Waals surface area contributed by atoms with Crippen LogP contribution in [0.5, 0.6) is 17.2 Å². The van der Waals surface area contributed by atoms with E-state index in [2.05, 4.69) is 5.32 Å². The van der Waals surface area contributed by atoms with Gasteiger partial charge in [0.25, 0.3) is 0 Å². The molecule has 0 radical (unpaired) electrons.